The van der Waals surface area contributed by atoms with E-state index in [1.54, 1.807) is 35.1 Å². The number of carboxylic acids is 1. The minimum absolute atomic E-state index is 0.0199. The number of fused-ring (bicyclic) bond motifs is 3. The number of hydrogen-bond acceptors (Lipinski definition) is 7. The number of ether oxygens (including phenoxy) is 1. The molecule has 0 radical (unpaired) electrons. The number of carboxylic acid groups (broad SMARTS) is 1. The second kappa shape index (κ2) is 7.84. The van der Waals surface area contributed by atoms with Crippen LogP contribution < -0.4 is 9.64 Å². The molecule has 0 bridgehead atoms. The summed E-state index contributed by atoms with van der Waals surface area (Å²) >= 11 is 0. The van der Waals surface area contributed by atoms with E-state index in [-0.39, 0.29) is 16.2 Å². The van der Waals surface area contributed by atoms with Crippen molar-refractivity contribution in [2.75, 3.05) is 38.1 Å². The third-order valence-electron chi connectivity index (χ3n) is 6.51. The fourth-order valence-electron chi connectivity index (χ4n) is 4.59. The fraction of sp³-hybridized carbons (Fsp3) is 0.333. The van der Waals surface area contributed by atoms with Crippen LogP contribution in [0.5, 0.6) is 5.75 Å². The van der Waals surface area contributed by atoms with E-state index < -0.39 is 11.6 Å². The minimum Gasteiger partial charge on any atom is -0.482 e. The van der Waals surface area contributed by atoms with Crippen molar-refractivity contribution in [3.8, 4) is 22.7 Å². The standard InChI is InChI=1S/C24H25N5O5/c1-24(2)18-14-25-28(16-6-4-15(5-7-16)23(30)31)22(18)17-12-20(29(32)33)19(13-21(17)34-24)27-10-8-26(3)9-11-27/h4-7,12-14H,8-11H2,1-3H3,(H,30,31). The van der Waals surface area contributed by atoms with E-state index in [0.717, 1.165) is 18.7 Å². The van der Waals surface area contributed by atoms with Crippen LogP contribution >= 0.6 is 0 Å². The Labute approximate surface area is 196 Å². The molecule has 1 aromatic heterocycles. The van der Waals surface area contributed by atoms with E-state index in [2.05, 4.69) is 10.00 Å². The molecule has 0 unspecified atom stereocenters. The third kappa shape index (κ3) is 3.56. The van der Waals surface area contributed by atoms with Crippen LogP contribution in [0.15, 0.2) is 42.6 Å². The summed E-state index contributed by atoms with van der Waals surface area (Å²) in [5.41, 5.74) is 2.75. The maximum absolute atomic E-state index is 12.1. The van der Waals surface area contributed by atoms with Crippen LogP contribution in [0.3, 0.4) is 0 Å². The van der Waals surface area contributed by atoms with E-state index in [0.29, 0.717) is 41.5 Å². The van der Waals surface area contributed by atoms with Gasteiger partial charge in [0.2, 0.25) is 0 Å². The van der Waals surface area contributed by atoms with Gasteiger partial charge in [0, 0.05) is 49.4 Å². The molecule has 0 saturated carbocycles. The van der Waals surface area contributed by atoms with Crippen LogP contribution in [0.1, 0.15) is 29.8 Å². The number of nitro groups is 1. The molecule has 0 atom stereocenters. The number of rotatable bonds is 4. The van der Waals surface area contributed by atoms with E-state index in [9.17, 15) is 20.0 Å². The lowest BCUT2D eigenvalue weighted by Gasteiger charge is -2.36. The largest absolute Gasteiger partial charge is 0.482 e. The van der Waals surface area contributed by atoms with Crippen molar-refractivity contribution in [2.45, 2.75) is 19.4 Å². The summed E-state index contributed by atoms with van der Waals surface area (Å²) in [5, 5.41) is 25.9. The van der Waals surface area contributed by atoms with Crippen LogP contribution in [0.4, 0.5) is 11.4 Å². The second-order valence-corrected chi connectivity index (χ2v) is 9.17. The smallest absolute Gasteiger partial charge is 0.335 e. The number of aromatic carboxylic acids is 1. The van der Waals surface area contributed by atoms with Gasteiger partial charge in [-0.25, -0.2) is 9.48 Å². The lowest BCUT2D eigenvalue weighted by molar-refractivity contribution is -0.384. The van der Waals surface area contributed by atoms with Gasteiger partial charge in [0.1, 0.15) is 17.0 Å². The predicted octanol–water partition coefficient (Wildman–Crippen LogP) is 3.53. The average Bonchev–Trinajstić information content (AvgIpc) is 3.25. The molecule has 0 amide bonds. The summed E-state index contributed by atoms with van der Waals surface area (Å²) in [4.78, 5) is 27.2. The molecule has 5 rings (SSSR count). The molecule has 1 N–H and O–H groups in total. The van der Waals surface area contributed by atoms with Crippen molar-refractivity contribution in [3.05, 3.63) is 63.8 Å². The topological polar surface area (TPSA) is 114 Å². The number of aromatic nitrogens is 2. The van der Waals surface area contributed by atoms with Crippen LogP contribution in [0.2, 0.25) is 0 Å². The summed E-state index contributed by atoms with van der Waals surface area (Å²) in [6.45, 7) is 6.90. The first kappa shape index (κ1) is 21.9. The molecule has 10 heteroatoms. The number of anilines is 1. The number of likely N-dealkylation sites (N-methyl/N-ethyl adjacent to an activating group) is 1. The monoisotopic (exact) mass is 463 g/mol. The predicted molar refractivity (Wildman–Crippen MR) is 126 cm³/mol. The first-order chi connectivity index (χ1) is 16.2. The van der Waals surface area contributed by atoms with Crippen molar-refractivity contribution in [2.24, 2.45) is 0 Å². The summed E-state index contributed by atoms with van der Waals surface area (Å²) in [5.74, 6) is -0.457. The van der Waals surface area contributed by atoms with Gasteiger partial charge >= 0.3 is 5.97 Å². The van der Waals surface area contributed by atoms with Crippen LogP contribution in [-0.2, 0) is 5.60 Å². The first-order valence-corrected chi connectivity index (χ1v) is 11.0. The summed E-state index contributed by atoms with van der Waals surface area (Å²) < 4.78 is 8.03. The van der Waals surface area contributed by atoms with Gasteiger partial charge in [-0.2, -0.15) is 5.10 Å². The zero-order chi connectivity index (χ0) is 24.2. The Morgan fingerprint density at radius 1 is 1.15 bits per heavy atom. The highest BCUT2D eigenvalue weighted by atomic mass is 16.6. The molecular formula is C24H25N5O5. The lowest BCUT2D eigenvalue weighted by atomic mass is 9.90. The molecule has 10 nitrogen and oxygen atoms in total. The van der Waals surface area contributed by atoms with Crippen LogP contribution in [0, 0.1) is 10.1 Å². The van der Waals surface area contributed by atoms with Gasteiger partial charge in [0.25, 0.3) is 5.69 Å². The molecular weight excluding hydrogens is 438 g/mol. The molecule has 2 aliphatic rings. The van der Waals surface area contributed by atoms with Crippen molar-refractivity contribution < 1.29 is 19.6 Å². The van der Waals surface area contributed by atoms with Gasteiger partial charge in [-0.1, -0.05) is 0 Å². The fourth-order valence-corrected chi connectivity index (χ4v) is 4.59. The second-order valence-electron chi connectivity index (χ2n) is 9.17. The summed E-state index contributed by atoms with van der Waals surface area (Å²) in [6, 6.07) is 9.71. The Kier molecular flexibility index (Phi) is 5.05. The lowest BCUT2D eigenvalue weighted by Crippen LogP contribution is -2.44. The number of piperazine rings is 1. The van der Waals surface area contributed by atoms with Gasteiger partial charge in [0.15, 0.2) is 0 Å². The maximum Gasteiger partial charge on any atom is 0.335 e. The van der Waals surface area contributed by atoms with Crippen molar-refractivity contribution >= 4 is 17.3 Å². The molecule has 0 aliphatic carbocycles. The van der Waals surface area contributed by atoms with Crippen molar-refractivity contribution in [1.82, 2.24) is 14.7 Å². The highest BCUT2D eigenvalue weighted by Gasteiger charge is 2.38. The van der Waals surface area contributed by atoms with Gasteiger partial charge in [-0.3, -0.25) is 10.1 Å². The Morgan fingerprint density at radius 2 is 1.82 bits per heavy atom. The number of nitrogens with zero attached hydrogens (tertiary/aromatic N) is 5. The summed E-state index contributed by atoms with van der Waals surface area (Å²) in [7, 11) is 2.04. The van der Waals surface area contributed by atoms with E-state index >= 15 is 0 Å². The molecule has 0 spiro atoms. The number of benzene rings is 2. The van der Waals surface area contributed by atoms with Gasteiger partial charge < -0.3 is 19.6 Å². The van der Waals surface area contributed by atoms with E-state index in [4.69, 9.17) is 4.74 Å². The van der Waals surface area contributed by atoms with Crippen LogP contribution in [-0.4, -0.2) is 63.9 Å². The highest BCUT2D eigenvalue weighted by Crippen LogP contribution is 2.49. The van der Waals surface area contributed by atoms with E-state index in [1.165, 1.54) is 12.1 Å². The Morgan fingerprint density at radius 3 is 2.44 bits per heavy atom. The Bertz CT molecular complexity index is 1290. The third-order valence-corrected chi connectivity index (χ3v) is 6.51. The zero-order valence-electron chi connectivity index (χ0n) is 19.2. The number of nitro benzene ring substituents is 1. The zero-order valence-corrected chi connectivity index (χ0v) is 19.2. The quantitative estimate of drug-likeness (QED) is 0.462. The minimum atomic E-state index is -1.01. The SMILES string of the molecule is CN1CCN(c2cc3c(cc2[N+](=O)[O-])-c2c(cnn2-c2ccc(C(=O)O)cc2)C(C)(C)O3)CC1. The van der Waals surface area contributed by atoms with Gasteiger partial charge in [-0.05, 0) is 45.2 Å². The molecule has 3 heterocycles. The highest BCUT2D eigenvalue weighted by molar-refractivity contribution is 5.88. The molecule has 3 aromatic rings. The summed E-state index contributed by atoms with van der Waals surface area (Å²) in [6.07, 6.45) is 1.70. The number of carbonyl (C=O) groups is 1. The van der Waals surface area contributed by atoms with Crippen LogP contribution in [0.25, 0.3) is 16.9 Å². The molecule has 1 saturated heterocycles. The molecule has 1 fully saturated rings. The average molecular weight is 463 g/mol. The van der Waals surface area contributed by atoms with Crippen molar-refractivity contribution in [1.29, 1.82) is 0 Å². The molecule has 2 aromatic carbocycles. The number of hydrogen-bond donors (Lipinski definition) is 1. The van der Waals surface area contributed by atoms with E-state index in [1.807, 2.05) is 25.8 Å². The first-order valence-electron chi connectivity index (χ1n) is 11.0. The molecule has 34 heavy (non-hydrogen) atoms. The van der Waals surface area contributed by atoms with Crippen molar-refractivity contribution in [3.63, 3.8) is 0 Å². The van der Waals surface area contributed by atoms with Gasteiger partial charge in [-0.15, -0.1) is 0 Å². The Balaban J connectivity index is 1.67. The molecule has 2 aliphatic heterocycles. The normalized spacial score (nSPS) is 17.0. The Hall–Kier alpha value is -3.92. The van der Waals surface area contributed by atoms with Gasteiger partial charge in [0.05, 0.1) is 28.1 Å². The molecule has 176 valence electrons. The maximum atomic E-state index is 12.1.